The van der Waals surface area contributed by atoms with Crippen molar-refractivity contribution in [1.82, 2.24) is 19.5 Å². The van der Waals surface area contributed by atoms with Crippen LogP contribution in [0.15, 0.2) is 41.5 Å². The summed E-state index contributed by atoms with van der Waals surface area (Å²) in [4.78, 5) is 23.7. The van der Waals surface area contributed by atoms with Crippen LogP contribution in [0.5, 0.6) is 5.75 Å². The van der Waals surface area contributed by atoms with Crippen molar-refractivity contribution in [2.75, 3.05) is 11.9 Å². The van der Waals surface area contributed by atoms with Gasteiger partial charge in [-0.05, 0) is 24.3 Å². The molecule has 1 aromatic carbocycles. The summed E-state index contributed by atoms with van der Waals surface area (Å²) in [6, 6.07) is 5.07. The van der Waals surface area contributed by atoms with E-state index in [-0.39, 0.29) is 28.5 Å². The Morgan fingerprint density at radius 2 is 1.81 bits per heavy atom. The topological polar surface area (TPSA) is 81.9 Å². The van der Waals surface area contributed by atoms with Gasteiger partial charge < -0.3 is 10.1 Å². The molecule has 0 radical (unpaired) electrons. The third-order valence-electron chi connectivity index (χ3n) is 3.26. The van der Waals surface area contributed by atoms with Gasteiger partial charge in [0.25, 0.3) is 5.56 Å². The number of nitrogens with one attached hydrogen (secondary N) is 1. The van der Waals surface area contributed by atoms with Crippen LogP contribution < -0.4 is 15.6 Å². The highest BCUT2D eigenvalue weighted by Crippen LogP contribution is 2.20. The molecule has 0 aliphatic rings. The van der Waals surface area contributed by atoms with Crippen molar-refractivity contribution in [3.63, 3.8) is 0 Å². The van der Waals surface area contributed by atoms with Crippen molar-refractivity contribution < 1.29 is 26.7 Å². The van der Waals surface area contributed by atoms with Crippen LogP contribution in [0.2, 0.25) is 0 Å². The standard InChI is InChI=1S/C15H10F5N5O2/c16-13(17)27-9-3-1-8(2-4-9)25-11(26)6-21-10-5-22-14(24-12(10)25)23-7-15(18,19)20/h1-6,13H,7H2,(H,22,23,24). The molecule has 0 bridgehead atoms. The van der Waals surface area contributed by atoms with Crippen LogP contribution in [-0.2, 0) is 0 Å². The van der Waals surface area contributed by atoms with Gasteiger partial charge >= 0.3 is 12.8 Å². The Morgan fingerprint density at radius 3 is 2.44 bits per heavy atom. The third-order valence-corrected chi connectivity index (χ3v) is 3.26. The van der Waals surface area contributed by atoms with E-state index >= 15 is 0 Å². The Morgan fingerprint density at radius 1 is 1.11 bits per heavy atom. The van der Waals surface area contributed by atoms with E-state index in [1.807, 2.05) is 5.32 Å². The van der Waals surface area contributed by atoms with Crippen LogP contribution in [0.4, 0.5) is 27.9 Å². The molecule has 0 saturated heterocycles. The molecule has 0 saturated carbocycles. The first kappa shape index (κ1) is 18.5. The number of benzene rings is 1. The van der Waals surface area contributed by atoms with Crippen molar-refractivity contribution in [2.24, 2.45) is 0 Å². The number of anilines is 1. The number of hydrogen-bond donors (Lipinski definition) is 1. The quantitative estimate of drug-likeness (QED) is 0.678. The number of alkyl halides is 5. The maximum Gasteiger partial charge on any atom is 0.405 e. The second-order valence-corrected chi connectivity index (χ2v) is 5.18. The monoisotopic (exact) mass is 387 g/mol. The number of ether oxygens (including phenoxy) is 1. The van der Waals surface area contributed by atoms with Gasteiger partial charge in [-0.1, -0.05) is 0 Å². The Hall–Kier alpha value is -3.31. The lowest BCUT2D eigenvalue weighted by Crippen LogP contribution is -2.23. The van der Waals surface area contributed by atoms with Gasteiger partial charge in [-0.15, -0.1) is 0 Å². The number of aromatic nitrogens is 4. The summed E-state index contributed by atoms with van der Waals surface area (Å²) in [5.74, 6) is -0.471. The van der Waals surface area contributed by atoms with Crippen molar-refractivity contribution in [3.8, 4) is 11.4 Å². The molecular formula is C15H10F5N5O2. The zero-order valence-corrected chi connectivity index (χ0v) is 13.2. The zero-order chi connectivity index (χ0) is 19.6. The molecule has 0 unspecified atom stereocenters. The molecule has 0 atom stereocenters. The SMILES string of the molecule is O=c1cnc2cnc(NCC(F)(F)F)nc2n1-c1ccc(OC(F)F)cc1. The maximum atomic E-state index is 12.3. The second-order valence-electron chi connectivity index (χ2n) is 5.18. The number of halogens is 5. The predicted octanol–water partition coefficient (Wildman–Crippen LogP) is 2.75. The van der Waals surface area contributed by atoms with Crippen LogP contribution in [0.25, 0.3) is 16.9 Å². The highest BCUT2D eigenvalue weighted by molar-refractivity contribution is 5.72. The molecule has 0 spiro atoms. The van der Waals surface area contributed by atoms with Crippen molar-refractivity contribution in [2.45, 2.75) is 12.8 Å². The normalized spacial score (nSPS) is 11.8. The lowest BCUT2D eigenvalue weighted by Gasteiger charge is -2.12. The third kappa shape index (κ3) is 4.46. The second kappa shape index (κ2) is 7.13. The predicted molar refractivity (Wildman–Crippen MR) is 84.1 cm³/mol. The average Bonchev–Trinajstić information content (AvgIpc) is 2.59. The van der Waals surface area contributed by atoms with Crippen LogP contribution in [0, 0.1) is 0 Å². The zero-order valence-electron chi connectivity index (χ0n) is 13.2. The fraction of sp³-hybridized carbons (Fsp3) is 0.200. The van der Waals surface area contributed by atoms with E-state index in [9.17, 15) is 26.7 Å². The summed E-state index contributed by atoms with van der Waals surface area (Å²) in [5.41, 5.74) is -0.287. The molecule has 0 aliphatic heterocycles. The van der Waals surface area contributed by atoms with Crippen molar-refractivity contribution >= 4 is 17.1 Å². The van der Waals surface area contributed by atoms with Gasteiger partial charge in [-0.2, -0.15) is 26.9 Å². The van der Waals surface area contributed by atoms with E-state index in [1.54, 1.807) is 0 Å². The van der Waals surface area contributed by atoms with Gasteiger partial charge in [-0.3, -0.25) is 9.36 Å². The van der Waals surface area contributed by atoms with E-state index in [0.29, 0.717) is 0 Å². The molecule has 2 heterocycles. The summed E-state index contributed by atoms with van der Waals surface area (Å²) >= 11 is 0. The highest BCUT2D eigenvalue weighted by atomic mass is 19.4. The number of hydrogen-bond acceptors (Lipinski definition) is 6. The molecule has 1 N–H and O–H groups in total. The fourth-order valence-corrected chi connectivity index (χ4v) is 2.20. The molecule has 27 heavy (non-hydrogen) atoms. The minimum absolute atomic E-state index is 0.0512. The largest absolute Gasteiger partial charge is 0.435 e. The molecule has 142 valence electrons. The maximum absolute atomic E-state index is 12.3. The lowest BCUT2D eigenvalue weighted by molar-refractivity contribution is -0.115. The van der Waals surface area contributed by atoms with Gasteiger partial charge in [0.15, 0.2) is 5.65 Å². The van der Waals surface area contributed by atoms with E-state index < -0.39 is 24.9 Å². The minimum atomic E-state index is -4.48. The summed E-state index contributed by atoms with van der Waals surface area (Å²) in [5, 5.41) is 2.01. The van der Waals surface area contributed by atoms with Gasteiger partial charge in [0.05, 0.1) is 18.1 Å². The van der Waals surface area contributed by atoms with E-state index in [0.717, 1.165) is 17.0 Å². The minimum Gasteiger partial charge on any atom is -0.435 e. The molecule has 7 nitrogen and oxygen atoms in total. The van der Waals surface area contributed by atoms with Gasteiger partial charge in [0.2, 0.25) is 5.95 Å². The summed E-state index contributed by atoms with van der Waals surface area (Å²) in [6.07, 6.45) is -2.34. The summed E-state index contributed by atoms with van der Waals surface area (Å²) in [7, 11) is 0. The fourth-order valence-electron chi connectivity index (χ4n) is 2.20. The Bertz CT molecular complexity index is 1000. The van der Waals surface area contributed by atoms with Gasteiger partial charge in [-0.25, -0.2) is 9.97 Å². The van der Waals surface area contributed by atoms with Crippen molar-refractivity contribution in [1.29, 1.82) is 0 Å². The van der Waals surface area contributed by atoms with E-state index in [4.69, 9.17) is 0 Å². The summed E-state index contributed by atoms with van der Waals surface area (Å²) in [6.45, 7) is -4.36. The molecule has 3 aromatic rings. The van der Waals surface area contributed by atoms with Crippen molar-refractivity contribution in [3.05, 3.63) is 47.0 Å². The number of nitrogens with zero attached hydrogens (tertiary/aromatic N) is 4. The smallest absolute Gasteiger partial charge is 0.405 e. The molecule has 12 heteroatoms. The van der Waals surface area contributed by atoms with Crippen LogP contribution in [0.1, 0.15) is 0 Å². The van der Waals surface area contributed by atoms with Crippen LogP contribution in [-0.4, -0.2) is 38.9 Å². The van der Waals surface area contributed by atoms with Gasteiger partial charge in [0.1, 0.15) is 17.8 Å². The first-order valence-corrected chi connectivity index (χ1v) is 7.33. The van der Waals surface area contributed by atoms with Gasteiger partial charge in [0, 0.05) is 0 Å². The highest BCUT2D eigenvalue weighted by Gasteiger charge is 2.27. The molecular weight excluding hydrogens is 377 g/mol. The molecule has 0 amide bonds. The van der Waals surface area contributed by atoms with Crippen LogP contribution in [0.3, 0.4) is 0 Å². The number of rotatable bonds is 5. The molecule has 0 aliphatic carbocycles. The number of fused-ring (bicyclic) bond motifs is 1. The summed E-state index contributed by atoms with van der Waals surface area (Å²) < 4.78 is 66.8. The first-order chi connectivity index (χ1) is 12.7. The van der Waals surface area contributed by atoms with Crippen LogP contribution >= 0.6 is 0 Å². The van der Waals surface area contributed by atoms with E-state index in [1.165, 1.54) is 24.3 Å². The van der Waals surface area contributed by atoms with E-state index in [2.05, 4.69) is 19.7 Å². The lowest BCUT2D eigenvalue weighted by atomic mass is 10.3. The molecule has 3 rings (SSSR count). The Balaban J connectivity index is 2.03. The average molecular weight is 387 g/mol. The molecule has 0 fully saturated rings. The Kier molecular flexibility index (Phi) is 4.88. The Labute approximate surface area is 147 Å². The molecule has 2 aromatic heterocycles. The first-order valence-electron chi connectivity index (χ1n) is 7.33.